The molecule has 2 N–H and O–H groups in total. The first-order chi connectivity index (χ1) is 8.74. The Hall–Kier alpha value is -0.710. The molecule has 1 amide bonds. The summed E-state index contributed by atoms with van der Waals surface area (Å²) in [6, 6.07) is 7.85. The molecule has 1 fully saturated rings. The number of carbonyl (C=O) groups is 1. The third-order valence-electron chi connectivity index (χ3n) is 3.57. The van der Waals surface area contributed by atoms with Gasteiger partial charge in [-0.25, -0.2) is 0 Å². The molecule has 1 aromatic carbocycles. The van der Waals surface area contributed by atoms with Gasteiger partial charge in [-0.1, -0.05) is 0 Å². The van der Waals surface area contributed by atoms with E-state index in [1.54, 1.807) is 11.8 Å². The zero-order chi connectivity index (χ0) is 13.0. The quantitative estimate of drug-likeness (QED) is 0.873. The van der Waals surface area contributed by atoms with E-state index in [4.69, 9.17) is 5.73 Å². The second-order valence-electron chi connectivity index (χ2n) is 4.70. The second-order valence-corrected chi connectivity index (χ2v) is 5.58. The zero-order valence-electron chi connectivity index (χ0n) is 11.2. The molecule has 5 heteroatoms. The summed E-state index contributed by atoms with van der Waals surface area (Å²) in [5.41, 5.74) is 6.45. The molecule has 19 heavy (non-hydrogen) atoms. The Morgan fingerprint density at radius 1 is 1.32 bits per heavy atom. The number of hydrogen-bond acceptors (Lipinski definition) is 3. The van der Waals surface area contributed by atoms with Gasteiger partial charge in [0.25, 0.3) is 5.91 Å². The molecule has 2 rings (SSSR count). The monoisotopic (exact) mass is 300 g/mol. The maximum absolute atomic E-state index is 12.3. The van der Waals surface area contributed by atoms with Crippen LogP contribution in [0.1, 0.15) is 23.2 Å². The van der Waals surface area contributed by atoms with Gasteiger partial charge in [-0.15, -0.1) is 24.2 Å². The van der Waals surface area contributed by atoms with E-state index in [0.29, 0.717) is 5.92 Å². The SMILES string of the molecule is CSc1ccc(C(=O)N2CCC(CN)CC2)cc1.Cl. The lowest BCUT2D eigenvalue weighted by Crippen LogP contribution is -2.40. The molecule has 0 bridgehead atoms. The van der Waals surface area contributed by atoms with Crippen molar-refractivity contribution in [3.05, 3.63) is 29.8 Å². The number of hydrogen-bond donors (Lipinski definition) is 1. The average Bonchev–Trinajstić information content (AvgIpc) is 2.47. The Kier molecular flexibility index (Phi) is 6.69. The molecule has 1 aromatic rings. The van der Waals surface area contributed by atoms with E-state index in [9.17, 15) is 4.79 Å². The Morgan fingerprint density at radius 2 is 1.89 bits per heavy atom. The third kappa shape index (κ3) is 4.13. The minimum Gasteiger partial charge on any atom is -0.339 e. The lowest BCUT2D eigenvalue weighted by Gasteiger charge is -2.31. The summed E-state index contributed by atoms with van der Waals surface area (Å²) in [4.78, 5) is 15.4. The van der Waals surface area contributed by atoms with Crippen molar-refractivity contribution in [3.63, 3.8) is 0 Å². The predicted octanol–water partition coefficient (Wildman–Crippen LogP) is 2.64. The maximum Gasteiger partial charge on any atom is 0.253 e. The number of halogens is 1. The van der Waals surface area contributed by atoms with Gasteiger partial charge >= 0.3 is 0 Å². The summed E-state index contributed by atoms with van der Waals surface area (Å²) >= 11 is 1.69. The van der Waals surface area contributed by atoms with Crippen molar-refractivity contribution in [2.24, 2.45) is 11.7 Å². The van der Waals surface area contributed by atoms with Crippen molar-refractivity contribution in [2.75, 3.05) is 25.9 Å². The standard InChI is InChI=1S/C14H20N2OS.ClH/c1-18-13-4-2-12(3-5-13)14(17)16-8-6-11(10-15)7-9-16;/h2-5,11H,6-10,15H2,1H3;1H. The summed E-state index contributed by atoms with van der Waals surface area (Å²) in [6.45, 7) is 2.42. The van der Waals surface area contributed by atoms with Crippen molar-refractivity contribution in [2.45, 2.75) is 17.7 Å². The molecule has 0 aliphatic carbocycles. The third-order valence-corrected chi connectivity index (χ3v) is 4.32. The number of likely N-dealkylation sites (tertiary alicyclic amines) is 1. The first-order valence-electron chi connectivity index (χ1n) is 6.38. The summed E-state index contributed by atoms with van der Waals surface area (Å²) in [7, 11) is 0. The van der Waals surface area contributed by atoms with Gasteiger partial charge in [0.05, 0.1) is 0 Å². The van der Waals surface area contributed by atoms with E-state index in [1.165, 1.54) is 4.90 Å². The van der Waals surface area contributed by atoms with Crippen LogP contribution in [0.2, 0.25) is 0 Å². The molecule has 0 aromatic heterocycles. The fourth-order valence-corrected chi connectivity index (χ4v) is 2.70. The van der Waals surface area contributed by atoms with E-state index in [1.807, 2.05) is 35.4 Å². The van der Waals surface area contributed by atoms with E-state index in [-0.39, 0.29) is 18.3 Å². The number of rotatable bonds is 3. The van der Waals surface area contributed by atoms with Gasteiger partial charge in [0.1, 0.15) is 0 Å². The molecule has 0 radical (unpaired) electrons. The molecule has 106 valence electrons. The van der Waals surface area contributed by atoms with E-state index < -0.39 is 0 Å². The van der Waals surface area contributed by atoms with Crippen LogP contribution in [0.15, 0.2) is 29.2 Å². The highest BCUT2D eigenvalue weighted by Crippen LogP contribution is 2.20. The normalized spacial score (nSPS) is 16.0. The van der Waals surface area contributed by atoms with Crippen LogP contribution in [0.5, 0.6) is 0 Å². The number of carbonyl (C=O) groups excluding carboxylic acids is 1. The summed E-state index contributed by atoms with van der Waals surface area (Å²) in [5.74, 6) is 0.742. The smallest absolute Gasteiger partial charge is 0.253 e. The number of thioether (sulfide) groups is 1. The first kappa shape index (κ1) is 16.3. The van der Waals surface area contributed by atoms with Crippen molar-refractivity contribution in [1.82, 2.24) is 4.90 Å². The summed E-state index contributed by atoms with van der Waals surface area (Å²) in [6.07, 6.45) is 4.10. The van der Waals surface area contributed by atoms with Crippen molar-refractivity contribution < 1.29 is 4.79 Å². The Bertz CT molecular complexity index is 402. The molecule has 1 aliphatic rings. The highest BCUT2D eigenvalue weighted by atomic mass is 35.5. The van der Waals surface area contributed by atoms with Crippen molar-refractivity contribution in [1.29, 1.82) is 0 Å². The highest BCUT2D eigenvalue weighted by Gasteiger charge is 2.22. The Balaban J connectivity index is 0.00000180. The lowest BCUT2D eigenvalue weighted by atomic mass is 9.96. The van der Waals surface area contributed by atoms with Gasteiger partial charge in [-0.05, 0) is 55.8 Å². The fraction of sp³-hybridized carbons (Fsp3) is 0.500. The van der Waals surface area contributed by atoms with Crippen molar-refractivity contribution in [3.8, 4) is 0 Å². The average molecular weight is 301 g/mol. The number of nitrogens with two attached hydrogens (primary N) is 1. The van der Waals surface area contributed by atoms with Crippen LogP contribution in [0, 0.1) is 5.92 Å². The van der Waals surface area contributed by atoms with Gasteiger partial charge in [0.2, 0.25) is 0 Å². The van der Waals surface area contributed by atoms with Gasteiger partial charge in [-0.3, -0.25) is 4.79 Å². The van der Waals surface area contributed by atoms with Gasteiger partial charge in [0.15, 0.2) is 0 Å². The maximum atomic E-state index is 12.3. The minimum atomic E-state index is 0. The van der Waals surface area contributed by atoms with Crippen LogP contribution in [-0.4, -0.2) is 36.7 Å². The first-order valence-corrected chi connectivity index (χ1v) is 7.60. The molecule has 1 aliphatic heterocycles. The number of piperidine rings is 1. The topological polar surface area (TPSA) is 46.3 Å². The largest absolute Gasteiger partial charge is 0.339 e. The number of amides is 1. The van der Waals surface area contributed by atoms with E-state index >= 15 is 0 Å². The van der Waals surface area contributed by atoms with Crippen LogP contribution >= 0.6 is 24.2 Å². The summed E-state index contributed by atoms with van der Waals surface area (Å²) in [5, 5.41) is 0. The van der Waals surface area contributed by atoms with Crippen LogP contribution in [0.4, 0.5) is 0 Å². The van der Waals surface area contributed by atoms with Gasteiger partial charge < -0.3 is 10.6 Å². The molecule has 0 saturated carbocycles. The number of nitrogens with zero attached hydrogens (tertiary/aromatic N) is 1. The second kappa shape index (κ2) is 7.78. The molecule has 1 heterocycles. The zero-order valence-corrected chi connectivity index (χ0v) is 12.8. The van der Waals surface area contributed by atoms with Crippen LogP contribution in [0.3, 0.4) is 0 Å². The van der Waals surface area contributed by atoms with Crippen LogP contribution in [0.25, 0.3) is 0 Å². The van der Waals surface area contributed by atoms with Crippen LogP contribution in [-0.2, 0) is 0 Å². The molecule has 1 saturated heterocycles. The van der Waals surface area contributed by atoms with Gasteiger partial charge in [-0.2, -0.15) is 0 Å². The Labute approximate surface area is 125 Å². The molecular formula is C14H21ClN2OS. The Morgan fingerprint density at radius 3 is 2.37 bits per heavy atom. The molecule has 0 atom stereocenters. The summed E-state index contributed by atoms with van der Waals surface area (Å²) < 4.78 is 0. The fourth-order valence-electron chi connectivity index (χ4n) is 2.29. The lowest BCUT2D eigenvalue weighted by molar-refractivity contribution is 0.0693. The van der Waals surface area contributed by atoms with E-state index in [0.717, 1.165) is 38.0 Å². The van der Waals surface area contributed by atoms with Crippen molar-refractivity contribution >= 4 is 30.1 Å². The number of benzene rings is 1. The predicted molar refractivity (Wildman–Crippen MR) is 83.2 cm³/mol. The molecule has 0 spiro atoms. The van der Waals surface area contributed by atoms with E-state index in [2.05, 4.69) is 0 Å². The van der Waals surface area contributed by atoms with Crippen LogP contribution < -0.4 is 5.73 Å². The minimum absolute atomic E-state index is 0. The molecule has 3 nitrogen and oxygen atoms in total. The highest BCUT2D eigenvalue weighted by molar-refractivity contribution is 7.98. The molecule has 0 unspecified atom stereocenters. The van der Waals surface area contributed by atoms with Gasteiger partial charge in [0, 0.05) is 23.5 Å². The molecular weight excluding hydrogens is 280 g/mol.